The minimum absolute atomic E-state index is 0.0270. The molecule has 0 aliphatic heterocycles. The van der Waals surface area contributed by atoms with Crippen molar-refractivity contribution in [2.75, 3.05) is 5.75 Å². The van der Waals surface area contributed by atoms with Crippen molar-refractivity contribution >= 4 is 39.0 Å². The van der Waals surface area contributed by atoms with Crippen molar-refractivity contribution in [3.05, 3.63) is 28.2 Å². The predicted molar refractivity (Wildman–Crippen MR) is 65.4 cm³/mol. The highest BCUT2D eigenvalue weighted by Crippen LogP contribution is 2.30. The first kappa shape index (κ1) is 14.3. The van der Waals surface area contributed by atoms with Gasteiger partial charge in [-0.1, -0.05) is 29.3 Å². The molecule has 0 unspecified atom stereocenters. The summed E-state index contributed by atoms with van der Waals surface area (Å²) in [5.41, 5.74) is 0. The molecule has 0 aromatic heterocycles. The molecule has 94 valence electrons. The monoisotopic (exact) mass is 296 g/mol. The van der Waals surface area contributed by atoms with Crippen molar-refractivity contribution in [2.24, 2.45) is 0 Å². The fourth-order valence-corrected chi connectivity index (χ4v) is 3.86. The van der Waals surface area contributed by atoms with Gasteiger partial charge in [0.25, 0.3) is 0 Å². The Morgan fingerprint density at radius 2 is 1.76 bits per heavy atom. The van der Waals surface area contributed by atoms with Crippen LogP contribution in [0.15, 0.2) is 23.1 Å². The number of benzene rings is 1. The number of aliphatic carboxylic acids is 1. The quantitative estimate of drug-likeness (QED) is 0.907. The number of hydrogen-bond donors (Lipinski definition) is 1. The Bertz CT molecular complexity index is 505. The molecule has 17 heavy (non-hydrogen) atoms. The summed E-state index contributed by atoms with van der Waals surface area (Å²) in [7, 11) is -3.64. The van der Waals surface area contributed by atoms with Gasteiger partial charge in [0.15, 0.2) is 9.84 Å². The van der Waals surface area contributed by atoms with Crippen LogP contribution in [0.1, 0.15) is 12.8 Å². The summed E-state index contributed by atoms with van der Waals surface area (Å²) in [5, 5.41) is 8.54. The third-order valence-corrected chi connectivity index (χ3v) is 4.78. The Kier molecular flexibility index (Phi) is 4.80. The molecule has 4 nitrogen and oxygen atoms in total. The van der Waals surface area contributed by atoms with Crippen molar-refractivity contribution in [3.63, 3.8) is 0 Å². The molecule has 0 bridgehead atoms. The van der Waals surface area contributed by atoms with Crippen LogP contribution in [0, 0.1) is 0 Å². The minimum atomic E-state index is -3.64. The van der Waals surface area contributed by atoms with Crippen LogP contribution in [0.4, 0.5) is 0 Å². The van der Waals surface area contributed by atoms with Crippen molar-refractivity contribution < 1.29 is 18.3 Å². The van der Waals surface area contributed by atoms with Gasteiger partial charge in [0.1, 0.15) is 4.90 Å². The van der Waals surface area contributed by atoms with E-state index in [0.717, 1.165) is 0 Å². The number of rotatable bonds is 5. The number of sulfone groups is 1. The molecule has 0 aliphatic carbocycles. The smallest absolute Gasteiger partial charge is 0.303 e. The fraction of sp³-hybridized carbons (Fsp3) is 0.300. The number of carbonyl (C=O) groups is 1. The lowest BCUT2D eigenvalue weighted by Gasteiger charge is -2.07. The number of halogens is 2. The second-order valence-electron chi connectivity index (χ2n) is 3.37. The largest absolute Gasteiger partial charge is 0.481 e. The van der Waals surface area contributed by atoms with Crippen LogP contribution in [0.2, 0.25) is 10.0 Å². The van der Waals surface area contributed by atoms with E-state index in [1.54, 1.807) is 6.07 Å². The molecule has 1 rings (SSSR count). The maximum absolute atomic E-state index is 11.9. The molecule has 1 aromatic carbocycles. The summed E-state index contributed by atoms with van der Waals surface area (Å²) in [6, 6.07) is 4.40. The van der Waals surface area contributed by atoms with Crippen LogP contribution in [-0.2, 0) is 14.6 Å². The molecule has 0 spiro atoms. The summed E-state index contributed by atoms with van der Waals surface area (Å²) in [5.74, 6) is -1.33. The zero-order valence-electron chi connectivity index (χ0n) is 8.69. The first-order valence-corrected chi connectivity index (χ1v) is 7.14. The van der Waals surface area contributed by atoms with Gasteiger partial charge in [0.2, 0.25) is 0 Å². The van der Waals surface area contributed by atoms with E-state index in [2.05, 4.69) is 0 Å². The zero-order chi connectivity index (χ0) is 13.1. The normalized spacial score (nSPS) is 11.4. The average molecular weight is 297 g/mol. The van der Waals surface area contributed by atoms with Gasteiger partial charge in [-0.05, 0) is 18.6 Å². The van der Waals surface area contributed by atoms with Crippen molar-refractivity contribution in [2.45, 2.75) is 17.7 Å². The van der Waals surface area contributed by atoms with Crippen LogP contribution in [-0.4, -0.2) is 25.2 Å². The van der Waals surface area contributed by atoms with E-state index < -0.39 is 15.8 Å². The Morgan fingerprint density at radius 1 is 1.24 bits per heavy atom. The molecule has 0 atom stereocenters. The Morgan fingerprint density at radius 3 is 2.24 bits per heavy atom. The van der Waals surface area contributed by atoms with Gasteiger partial charge >= 0.3 is 5.97 Å². The number of carboxylic acids is 1. The van der Waals surface area contributed by atoms with E-state index in [1.807, 2.05) is 0 Å². The van der Waals surface area contributed by atoms with Crippen LogP contribution < -0.4 is 0 Å². The zero-order valence-corrected chi connectivity index (χ0v) is 11.0. The van der Waals surface area contributed by atoms with Crippen LogP contribution in [0.5, 0.6) is 0 Å². The van der Waals surface area contributed by atoms with Crippen molar-refractivity contribution in [3.8, 4) is 0 Å². The van der Waals surface area contributed by atoms with Gasteiger partial charge < -0.3 is 5.11 Å². The van der Waals surface area contributed by atoms with Gasteiger partial charge in [-0.15, -0.1) is 0 Å². The minimum Gasteiger partial charge on any atom is -0.481 e. The SMILES string of the molecule is O=C(O)CCCS(=O)(=O)c1c(Cl)cccc1Cl. The topological polar surface area (TPSA) is 71.4 Å². The summed E-state index contributed by atoms with van der Waals surface area (Å²) >= 11 is 11.6. The number of hydrogen-bond acceptors (Lipinski definition) is 3. The molecule has 0 fully saturated rings. The molecule has 0 saturated heterocycles. The maximum atomic E-state index is 11.9. The maximum Gasteiger partial charge on any atom is 0.303 e. The van der Waals surface area contributed by atoms with Gasteiger partial charge in [-0.3, -0.25) is 4.79 Å². The molecule has 0 amide bonds. The van der Waals surface area contributed by atoms with Gasteiger partial charge in [0.05, 0.1) is 15.8 Å². The summed E-state index contributed by atoms with van der Waals surface area (Å²) in [6.07, 6.45) is -0.180. The second-order valence-corrected chi connectivity index (χ2v) is 6.23. The Hall–Kier alpha value is -0.780. The third kappa shape index (κ3) is 3.87. The molecular weight excluding hydrogens is 287 g/mol. The number of carboxylic acid groups (broad SMARTS) is 1. The van der Waals surface area contributed by atoms with E-state index in [1.165, 1.54) is 12.1 Å². The standard InChI is InChI=1S/C10H10Cl2O4S/c11-7-3-1-4-8(12)10(7)17(15,16)6-2-5-9(13)14/h1,3-4H,2,5-6H2,(H,13,14). The molecule has 7 heteroatoms. The lowest BCUT2D eigenvalue weighted by Crippen LogP contribution is -2.10. The van der Waals surface area contributed by atoms with E-state index >= 15 is 0 Å². The summed E-state index contributed by atoms with van der Waals surface area (Å²) in [4.78, 5) is 10.2. The van der Waals surface area contributed by atoms with Gasteiger partial charge in [-0.25, -0.2) is 8.42 Å². The Balaban J connectivity index is 2.94. The van der Waals surface area contributed by atoms with Crippen LogP contribution >= 0.6 is 23.2 Å². The first-order valence-electron chi connectivity index (χ1n) is 4.73. The van der Waals surface area contributed by atoms with Gasteiger partial charge in [-0.2, -0.15) is 0 Å². The lowest BCUT2D eigenvalue weighted by molar-refractivity contribution is -0.137. The Labute approximate surface area is 109 Å². The lowest BCUT2D eigenvalue weighted by atomic mass is 10.3. The van der Waals surface area contributed by atoms with Gasteiger partial charge in [0, 0.05) is 6.42 Å². The molecule has 0 aliphatic rings. The molecular formula is C10H10Cl2O4S. The van der Waals surface area contributed by atoms with E-state index in [-0.39, 0.29) is 33.5 Å². The third-order valence-electron chi connectivity index (χ3n) is 2.03. The molecule has 1 aromatic rings. The fourth-order valence-electron chi connectivity index (χ4n) is 1.30. The molecule has 0 heterocycles. The summed E-state index contributed by atoms with van der Waals surface area (Å²) < 4.78 is 23.8. The van der Waals surface area contributed by atoms with E-state index in [4.69, 9.17) is 28.3 Å². The first-order chi connectivity index (χ1) is 7.84. The highest BCUT2D eigenvalue weighted by molar-refractivity contribution is 7.91. The van der Waals surface area contributed by atoms with E-state index in [0.29, 0.717) is 0 Å². The summed E-state index contributed by atoms with van der Waals surface area (Å²) in [6.45, 7) is 0. The molecule has 1 N–H and O–H groups in total. The van der Waals surface area contributed by atoms with E-state index in [9.17, 15) is 13.2 Å². The van der Waals surface area contributed by atoms with Crippen LogP contribution in [0.3, 0.4) is 0 Å². The predicted octanol–water partition coefficient (Wildman–Crippen LogP) is 2.63. The highest BCUT2D eigenvalue weighted by Gasteiger charge is 2.21. The average Bonchev–Trinajstić information content (AvgIpc) is 2.15. The van der Waals surface area contributed by atoms with Crippen molar-refractivity contribution in [1.29, 1.82) is 0 Å². The molecule has 0 radical (unpaired) electrons. The molecule has 0 saturated carbocycles. The highest BCUT2D eigenvalue weighted by atomic mass is 35.5. The van der Waals surface area contributed by atoms with Crippen LogP contribution in [0.25, 0.3) is 0 Å². The second kappa shape index (κ2) is 5.71. The van der Waals surface area contributed by atoms with Crippen molar-refractivity contribution in [1.82, 2.24) is 0 Å².